The third-order valence-corrected chi connectivity index (χ3v) is 1.44. The summed E-state index contributed by atoms with van der Waals surface area (Å²) in [7, 11) is 0. The average Bonchev–Trinajstić information content (AvgIpc) is 2.21. The topological polar surface area (TPSA) is 73.2 Å². The maximum atomic E-state index is 8.48. The van der Waals surface area contributed by atoms with Crippen LogP contribution in [0.15, 0.2) is 25.7 Å². The first-order valence-electron chi connectivity index (χ1n) is 4.69. The van der Waals surface area contributed by atoms with Crippen molar-refractivity contribution in [3.63, 3.8) is 0 Å². The van der Waals surface area contributed by atoms with Crippen LogP contribution in [0.25, 0.3) is 0 Å². The number of hydrogen-bond acceptors (Lipinski definition) is 5. The number of rotatable bonds is 8. The fourth-order valence-corrected chi connectivity index (χ4v) is 0.828. The van der Waals surface area contributed by atoms with Crippen LogP contribution in [-0.2, 0) is 4.74 Å². The summed E-state index contributed by atoms with van der Waals surface area (Å²) in [6.45, 7) is 8.27. The van der Waals surface area contributed by atoms with Crippen LogP contribution in [0.4, 0.5) is 0 Å². The third kappa shape index (κ3) is 15.8. The lowest BCUT2D eigenvalue weighted by atomic mass is 10.4. The van der Waals surface area contributed by atoms with Crippen LogP contribution < -0.4 is 0 Å². The first-order valence-corrected chi connectivity index (χ1v) is 4.69. The zero-order chi connectivity index (χ0) is 11.9. The van der Waals surface area contributed by atoms with Gasteiger partial charge in [-0.25, -0.2) is 0 Å². The van der Waals surface area contributed by atoms with Crippen LogP contribution in [-0.4, -0.2) is 59.7 Å². The molecule has 0 aromatic rings. The highest BCUT2D eigenvalue weighted by Crippen LogP contribution is 1.84. The summed E-state index contributed by atoms with van der Waals surface area (Å²) in [5.74, 6) is 0. The molecule has 0 saturated heterocycles. The summed E-state index contributed by atoms with van der Waals surface area (Å²) in [6, 6.07) is 0. The maximum Gasteiger partial charge on any atom is 0.0829 e. The minimum atomic E-state index is 0.0694. The second kappa shape index (κ2) is 15.6. The van der Waals surface area contributed by atoms with E-state index < -0.39 is 0 Å². The number of nitrogens with zero attached hydrogens (tertiary/aromatic N) is 1. The van der Waals surface area contributed by atoms with Crippen LogP contribution in [0.2, 0.25) is 0 Å². The zero-order valence-corrected chi connectivity index (χ0v) is 9.01. The SMILES string of the molecule is C=COC=C.OCCN(CCO)CCO. The van der Waals surface area contributed by atoms with E-state index >= 15 is 0 Å². The summed E-state index contributed by atoms with van der Waals surface area (Å²) in [4.78, 5) is 1.79. The van der Waals surface area contributed by atoms with Gasteiger partial charge in [0.05, 0.1) is 32.3 Å². The van der Waals surface area contributed by atoms with Crippen molar-refractivity contribution in [1.82, 2.24) is 4.90 Å². The summed E-state index contributed by atoms with van der Waals surface area (Å²) in [5, 5.41) is 25.5. The van der Waals surface area contributed by atoms with Crippen LogP contribution in [0.1, 0.15) is 0 Å². The molecule has 0 amide bonds. The Hall–Kier alpha value is -0.880. The van der Waals surface area contributed by atoms with Gasteiger partial charge in [-0.2, -0.15) is 0 Å². The van der Waals surface area contributed by atoms with Crippen molar-refractivity contribution in [3.8, 4) is 0 Å². The van der Waals surface area contributed by atoms with Crippen molar-refractivity contribution in [1.29, 1.82) is 0 Å². The van der Waals surface area contributed by atoms with Gasteiger partial charge in [0.25, 0.3) is 0 Å². The molecule has 0 fully saturated rings. The van der Waals surface area contributed by atoms with Gasteiger partial charge in [0.2, 0.25) is 0 Å². The largest absolute Gasteiger partial charge is 0.474 e. The molecular weight excluding hydrogens is 198 g/mol. The lowest BCUT2D eigenvalue weighted by Crippen LogP contribution is -2.32. The summed E-state index contributed by atoms with van der Waals surface area (Å²) in [5.41, 5.74) is 0. The van der Waals surface area contributed by atoms with Gasteiger partial charge in [-0.05, 0) is 0 Å². The van der Waals surface area contributed by atoms with Crippen molar-refractivity contribution in [2.75, 3.05) is 39.5 Å². The molecule has 90 valence electrons. The minimum absolute atomic E-state index is 0.0694. The molecule has 0 heterocycles. The summed E-state index contributed by atoms with van der Waals surface area (Å²) < 4.78 is 4.36. The average molecular weight is 219 g/mol. The van der Waals surface area contributed by atoms with Gasteiger partial charge < -0.3 is 20.1 Å². The van der Waals surface area contributed by atoms with Crippen molar-refractivity contribution in [2.24, 2.45) is 0 Å². The van der Waals surface area contributed by atoms with Crippen molar-refractivity contribution in [2.45, 2.75) is 0 Å². The summed E-state index contributed by atoms with van der Waals surface area (Å²) in [6.07, 6.45) is 2.62. The highest BCUT2D eigenvalue weighted by atomic mass is 16.5. The van der Waals surface area contributed by atoms with Crippen LogP contribution in [0, 0.1) is 0 Å². The normalized spacial score (nSPS) is 9.07. The van der Waals surface area contributed by atoms with Gasteiger partial charge in [0, 0.05) is 19.6 Å². The van der Waals surface area contributed by atoms with Gasteiger partial charge in [-0.3, -0.25) is 4.90 Å². The molecule has 0 aromatic carbocycles. The van der Waals surface area contributed by atoms with E-state index in [1.165, 1.54) is 12.5 Å². The van der Waals surface area contributed by atoms with Gasteiger partial charge >= 0.3 is 0 Å². The van der Waals surface area contributed by atoms with Crippen molar-refractivity contribution >= 4 is 0 Å². The first-order chi connectivity index (χ1) is 7.26. The molecule has 0 radical (unpaired) electrons. The zero-order valence-electron chi connectivity index (χ0n) is 9.01. The molecule has 0 rings (SSSR count). The lowest BCUT2D eigenvalue weighted by Gasteiger charge is -2.17. The molecule has 5 heteroatoms. The van der Waals surface area contributed by atoms with E-state index in [1.807, 2.05) is 0 Å². The Balaban J connectivity index is 0. The molecular formula is C10H21NO4. The second-order valence-electron chi connectivity index (χ2n) is 2.48. The first kappa shape index (κ1) is 16.5. The molecule has 5 nitrogen and oxygen atoms in total. The molecule has 0 aliphatic heterocycles. The van der Waals surface area contributed by atoms with Crippen LogP contribution in [0.5, 0.6) is 0 Å². The molecule has 0 unspecified atom stereocenters. The van der Waals surface area contributed by atoms with E-state index in [1.54, 1.807) is 4.90 Å². The van der Waals surface area contributed by atoms with E-state index in [2.05, 4.69) is 17.9 Å². The molecule has 3 N–H and O–H groups in total. The van der Waals surface area contributed by atoms with Gasteiger partial charge in [-0.15, -0.1) is 0 Å². The minimum Gasteiger partial charge on any atom is -0.474 e. The van der Waals surface area contributed by atoms with Gasteiger partial charge in [-0.1, -0.05) is 13.2 Å². The number of hydrogen-bond donors (Lipinski definition) is 3. The molecule has 15 heavy (non-hydrogen) atoms. The second-order valence-corrected chi connectivity index (χ2v) is 2.48. The van der Waals surface area contributed by atoms with Crippen LogP contribution >= 0.6 is 0 Å². The predicted octanol–water partition coefficient (Wildman–Crippen LogP) is -0.445. The predicted molar refractivity (Wildman–Crippen MR) is 59.2 cm³/mol. The number of ether oxygens (including phenoxy) is 1. The molecule has 0 atom stereocenters. The fourth-order valence-electron chi connectivity index (χ4n) is 0.828. The van der Waals surface area contributed by atoms with E-state index in [0.717, 1.165) is 0 Å². The third-order valence-electron chi connectivity index (χ3n) is 1.44. The Morgan fingerprint density at radius 2 is 1.20 bits per heavy atom. The van der Waals surface area contributed by atoms with Crippen LogP contribution in [0.3, 0.4) is 0 Å². The smallest absolute Gasteiger partial charge is 0.0829 e. The van der Waals surface area contributed by atoms with E-state index in [0.29, 0.717) is 19.6 Å². The standard InChI is InChI=1S/C6H15NO3.C4H6O/c8-4-1-7(2-5-9)3-6-10;1-3-5-4-2/h8-10H,1-6H2;3-4H,1-2H2. The quantitative estimate of drug-likeness (QED) is 0.482. The Morgan fingerprint density at radius 3 is 1.33 bits per heavy atom. The van der Waals surface area contributed by atoms with E-state index in [9.17, 15) is 0 Å². The van der Waals surface area contributed by atoms with Crippen molar-refractivity contribution in [3.05, 3.63) is 25.7 Å². The molecule has 0 spiro atoms. The Morgan fingerprint density at radius 1 is 0.867 bits per heavy atom. The maximum absolute atomic E-state index is 8.48. The summed E-state index contributed by atoms with van der Waals surface area (Å²) >= 11 is 0. The highest BCUT2D eigenvalue weighted by Gasteiger charge is 2.00. The molecule has 0 saturated carbocycles. The fraction of sp³-hybridized carbons (Fsp3) is 0.600. The Labute approximate surface area is 90.9 Å². The number of aliphatic hydroxyl groups excluding tert-OH is 3. The molecule has 0 aliphatic carbocycles. The van der Waals surface area contributed by atoms with Gasteiger partial charge in [0.15, 0.2) is 0 Å². The molecule has 0 aromatic heterocycles. The molecule has 0 aliphatic rings. The van der Waals surface area contributed by atoms with Gasteiger partial charge in [0.1, 0.15) is 0 Å². The molecule has 0 bridgehead atoms. The lowest BCUT2D eigenvalue weighted by molar-refractivity contribution is 0.136. The number of aliphatic hydroxyl groups is 3. The Kier molecular flexibility index (Phi) is 17.2. The van der Waals surface area contributed by atoms with Crippen molar-refractivity contribution < 1.29 is 20.1 Å². The van der Waals surface area contributed by atoms with E-state index in [-0.39, 0.29) is 19.8 Å². The monoisotopic (exact) mass is 219 g/mol. The van der Waals surface area contributed by atoms with E-state index in [4.69, 9.17) is 15.3 Å². The Bertz CT molecular complexity index is 121. The highest BCUT2D eigenvalue weighted by molar-refractivity contribution is 4.57.